The van der Waals surface area contributed by atoms with E-state index in [1.165, 1.54) is 24.3 Å². The summed E-state index contributed by atoms with van der Waals surface area (Å²) in [6, 6.07) is 4.39. The quantitative estimate of drug-likeness (QED) is 0.834. The standard InChI is InChI=1S/C10H10ClF2NO2/c1-16-10(15)8(9(12)13)14-7-4-2-6(11)3-5-7/h2-5,8-9,14H,1H3/t8-/m0/s1. The van der Waals surface area contributed by atoms with E-state index in [1.807, 2.05) is 0 Å². The van der Waals surface area contributed by atoms with Gasteiger partial charge in [0.05, 0.1) is 7.11 Å². The van der Waals surface area contributed by atoms with Crippen LogP contribution in [0.1, 0.15) is 0 Å². The lowest BCUT2D eigenvalue weighted by Gasteiger charge is -2.16. The molecule has 0 saturated heterocycles. The van der Waals surface area contributed by atoms with Gasteiger partial charge in [-0.2, -0.15) is 0 Å². The number of hydrogen-bond donors (Lipinski definition) is 1. The minimum Gasteiger partial charge on any atom is -0.467 e. The number of anilines is 1. The molecule has 0 bridgehead atoms. The van der Waals surface area contributed by atoms with Crippen molar-refractivity contribution >= 4 is 23.3 Å². The summed E-state index contributed by atoms with van der Waals surface area (Å²) < 4.78 is 29.3. The van der Waals surface area contributed by atoms with Gasteiger partial charge < -0.3 is 10.1 Å². The molecule has 0 saturated carbocycles. The number of halogens is 3. The predicted octanol–water partition coefficient (Wildman–Crippen LogP) is 2.56. The Morgan fingerprint density at radius 3 is 2.38 bits per heavy atom. The predicted molar refractivity (Wildman–Crippen MR) is 56.9 cm³/mol. The van der Waals surface area contributed by atoms with Gasteiger partial charge in [0.1, 0.15) is 0 Å². The first-order valence-electron chi connectivity index (χ1n) is 4.42. The number of benzene rings is 1. The normalized spacial score (nSPS) is 12.3. The topological polar surface area (TPSA) is 38.3 Å². The van der Waals surface area contributed by atoms with E-state index in [-0.39, 0.29) is 0 Å². The summed E-state index contributed by atoms with van der Waals surface area (Å²) >= 11 is 5.63. The highest BCUT2D eigenvalue weighted by molar-refractivity contribution is 6.30. The van der Waals surface area contributed by atoms with Crippen molar-refractivity contribution in [3.8, 4) is 0 Å². The lowest BCUT2D eigenvalue weighted by molar-refractivity contribution is -0.144. The molecule has 0 aromatic heterocycles. The molecule has 88 valence electrons. The minimum atomic E-state index is -2.84. The minimum absolute atomic E-state index is 0.375. The summed E-state index contributed by atoms with van der Waals surface area (Å²) in [5, 5.41) is 2.86. The Labute approximate surface area is 96.4 Å². The third-order valence-corrected chi connectivity index (χ3v) is 2.13. The van der Waals surface area contributed by atoms with Gasteiger partial charge in [-0.1, -0.05) is 11.6 Å². The first kappa shape index (κ1) is 12.7. The Kier molecular flexibility index (Phi) is 4.49. The molecule has 16 heavy (non-hydrogen) atoms. The molecule has 3 nitrogen and oxygen atoms in total. The average molecular weight is 250 g/mol. The summed E-state index contributed by atoms with van der Waals surface area (Å²) in [7, 11) is 1.06. The van der Waals surface area contributed by atoms with E-state index in [2.05, 4.69) is 10.1 Å². The third kappa shape index (κ3) is 3.34. The van der Waals surface area contributed by atoms with Crippen molar-refractivity contribution in [2.24, 2.45) is 0 Å². The highest BCUT2D eigenvalue weighted by Crippen LogP contribution is 2.16. The van der Waals surface area contributed by atoms with Crippen LogP contribution < -0.4 is 5.32 Å². The molecule has 0 unspecified atom stereocenters. The van der Waals surface area contributed by atoms with Crippen molar-refractivity contribution in [1.82, 2.24) is 0 Å². The van der Waals surface area contributed by atoms with E-state index >= 15 is 0 Å². The number of nitrogens with one attached hydrogen (secondary N) is 1. The van der Waals surface area contributed by atoms with Gasteiger partial charge in [0.2, 0.25) is 0 Å². The lowest BCUT2D eigenvalue weighted by atomic mass is 10.2. The Morgan fingerprint density at radius 1 is 1.38 bits per heavy atom. The van der Waals surface area contributed by atoms with E-state index in [4.69, 9.17) is 11.6 Å². The van der Waals surface area contributed by atoms with Gasteiger partial charge in [0.25, 0.3) is 6.43 Å². The zero-order chi connectivity index (χ0) is 12.1. The van der Waals surface area contributed by atoms with Gasteiger partial charge in [0, 0.05) is 10.7 Å². The van der Waals surface area contributed by atoms with E-state index < -0.39 is 18.4 Å². The number of esters is 1. The number of ether oxygens (including phenoxy) is 1. The van der Waals surface area contributed by atoms with Crippen LogP contribution in [-0.4, -0.2) is 25.5 Å². The summed E-state index contributed by atoms with van der Waals surface area (Å²) in [6.45, 7) is 0. The van der Waals surface area contributed by atoms with Crippen LogP contribution in [0.25, 0.3) is 0 Å². The first-order valence-corrected chi connectivity index (χ1v) is 4.80. The van der Waals surface area contributed by atoms with Gasteiger partial charge in [-0.25, -0.2) is 13.6 Å². The largest absolute Gasteiger partial charge is 0.467 e. The summed E-state index contributed by atoms with van der Waals surface area (Å²) in [5.74, 6) is -1.01. The maximum absolute atomic E-state index is 12.5. The molecule has 1 aromatic carbocycles. The molecule has 1 aromatic rings. The number of methoxy groups -OCH3 is 1. The van der Waals surface area contributed by atoms with Crippen molar-refractivity contribution in [2.45, 2.75) is 12.5 Å². The molecule has 0 aliphatic rings. The van der Waals surface area contributed by atoms with Crippen molar-refractivity contribution in [2.75, 3.05) is 12.4 Å². The molecule has 0 fully saturated rings. The first-order chi connectivity index (χ1) is 7.54. The van der Waals surface area contributed by atoms with E-state index in [0.717, 1.165) is 7.11 Å². The molecule has 0 aliphatic heterocycles. The number of hydrogen-bond acceptors (Lipinski definition) is 3. The molecule has 6 heteroatoms. The number of rotatable bonds is 4. The highest BCUT2D eigenvalue weighted by atomic mass is 35.5. The Morgan fingerprint density at radius 2 is 1.94 bits per heavy atom. The fraction of sp³-hybridized carbons (Fsp3) is 0.300. The van der Waals surface area contributed by atoms with Crippen LogP contribution in [0.4, 0.5) is 14.5 Å². The van der Waals surface area contributed by atoms with Gasteiger partial charge >= 0.3 is 5.97 Å². The molecule has 0 radical (unpaired) electrons. The van der Waals surface area contributed by atoms with Gasteiger partial charge in [-0.3, -0.25) is 0 Å². The second-order valence-corrected chi connectivity index (χ2v) is 3.42. The second kappa shape index (κ2) is 5.65. The van der Waals surface area contributed by atoms with Gasteiger partial charge in [-0.15, -0.1) is 0 Å². The van der Waals surface area contributed by atoms with Gasteiger partial charge in [-0.05, 0) is 24.3 Å². The number of alkyl halides is 2. The van der Waals surface area contributed by atoms with E-state index in [1.54, 1.807) is 0 Å². The highest BCUT2D eigenvalue weighted by Gasteiger charge is 2.28. The molecule has 0 amide bonds. The van der Waals surface area contributed by atoms with Crippen molar-refractivity contribution in [3.05, 3.63) is 29.3 Å². The van der Waals surface area contributed by atoms with Crippen LogP contribution in [0.5, 0.6) is 0 Å². The van der Waals surface area contributed by atoms with Crippen LogP contribution in [-0.2, 0) is 9.53 Å². The van der Waals surface area contributed by atoms with Crippen molar-refractivity contribution in [1.29, 1.82) is 0 Å². The molecule has 1 atom stereocenters. The Hall–Kier alpha value is -1.36. The third-order valence-electron chi connectivity index (χ3n) is 1.87. The molecule has 1 rings (SSSR count). The van der Waals surface area contributed by atoms with E-state index in [9.17, 15) is 13.6 Å². The fourth-order valence-electron chi connectivity index (χ4n) is 1.08. The van der Waals surface area contributed by atoms with Crippen LogP contribution in [0.3, 0.4) is 0 Å². The van der Waals surface area contributed by atoms with Crippen LogP contribution in [0.2, 0.25) is 5.02 Å². The fourth-order valence-corrected chi connectivity index (χ4v) is 1.20. The zero-order valence-electron chi connectivity index (χ0n) is 8.41. The molecule has 1 N–H and O–H groups in total. The maximum Gasteiger partial charge on any atom is 0.334 e. The second-order valence-electron chi connectivity index (χ2n) is 2.99. The van der Waals surface area contributed by atoms with Crippen molar-refractivity contribution in [3.63, 3.8) is 0 Å². The Balaban J connectivity index is 2.75. The summed E-state index contributed by atoms with van der Waals surface area (Å²) in [4.78, 5) is 11.0. The Bertz CT molecular complexity index is 356. The SMILES string of the molecule is COC(=O)[C@@H](Nc1ccc(Cl)cc1)C(F)F. The number of carbonyl (C=O) groups excluding carboxylic acids is 1. The van der Waals surface area contributed by atoms with Crippen LogP contribution in [0.15, 0.2) is 24.3 Å². The summed E-state index contributed by atoms with van der Waals surface area (Å²) in [6.07, 6.45) is -2.84. The maximum atomic E-state index is 12.5. The lowest BCUT2D eigenvalue weighted by Crippen LogP contribution is -2.37. The van der Waals surface area contributed by atoms with Crippen LogP contribution >= 0.6 is 11.6 Å². The monoisotopic (exact) mass is 249 g/mol. The molecular weight excluding hydrogens is 240 g/mol. The molecular formula is C10H10ClF2NO2. The average Bonchev–Trinajstić information content (AvgIpc) is 2.27. The number of carbonyl (C=O) groups is 1. The van der Waals surface area contributed by atoms with E-state index in [0.29, 0.717) is 10.7 Å². The van der Waals surface area contributed by atoms with Gasteiger partial charge in [0.15, 0.2) is 6.04 Å². The van der Waals surface area contributed by atoms with Crippen molar-refractivity contribution < 1.29 is 18.3 Å². The zero-order valence-corrected chi connectivity index (χ0v) is 9.17. The smallest absolute Gasteiger partial charge is 0.334 e. The van der Waals surface area contributed by atoms with Crippen LogP contribution in [0, 0.1) is 0 Å². The molecule has 0 spiro atoms. The summed E-state index contributed by atoms with van der Waals surface area (Å²) in [5.41, 5.74) is 0.375. The molecule has 0 heterocycles. The molecule has 0 aliphatic carbocycles.